The van der Waals surface area contributed by atoms with Crippen molar-refractivity contribution in [3.8, 4) is 33.7 Å². The summed E-state index contributed by atoms with van der Waals surface area (Å²) < 4.78 is 35.8. The van der Waals surface area contributed by atoms with Crippen molar-refractivity contribution in [1.29, 1.82) is 0 Å². The van der Waals surface area contributed by atoms with Crippen LogP contribution in [0.4, 0.5) is 8.78 Å². The lowest BCUT2D eigenvalue weighted by Crippen LogP contribution is -2.43. The molecule has 0 aliphatic heterocycles. The first-order valence-electron chi connectivity index (χ1n) is 15.6. The molecule has 0 fully saturated rings. The lowest BCUT2D eigenvalue weighted by molar-refractivity contribution is 0.293. The molecule has 2 heterocycles. The van der Waals surface area contributed by atoms with E-state index in [0.29, 0.717) is 11.3 Å². The second kappa shape index (κ2) is 11.8. The molecule has 0 bridgehead atoms. The van der Waals surface area contributed by atoms with E-state index in [4.69, 9.17) is 9.62 Å². The van der Waals surface area contributed by atoms with Crippen molar-refractivity contribution in [2.75, 3.05) is 0 Å². The summed E-state index contributed by atoms with van der Waals surface area (Å²) in [6.45, 7) is 0. The number of hydrogen-bond donors (Lipinski definition) is 0. The zero-order valence-electron chi connectivity index (χ0n) is 25.3. The predicted molar refractivity (Wildman–Crippen MR) is 181 cm³/mol. The maximum atomic E-state index is 14.2. The van der Waals surface area contributed by atoms with Crippen LogP contribution in [-0.2, 0) is 5.54 Å². The van der Waals surface area contributed by atoms with Crippen molar-refractivity contribution < 1.29 is 13.3 Å². The SMILES string of the molecule is Fc1ccc(-c2nn(C(c3ccccc3)(c3ccccc3)C3C=CC=CC3)cc2-c2ccc3noc(-c4ccc(F)cc4)c3c2)cc1. The molecular formula is C41H29F2N3O. The summed E-state index contributed by atoms with van der Waals surface area (Å²) in [6.07, 6.45) is 11.6. The largest absolute Gasteiger partial charge is 0.355 e. The average molecular weight is 618 g/mol. The Kier molecular flexibility index (Phi) is 7.18. The molecule has 1 aliphatic carbocycles. The van der Waals surface area contributed by atoms with E-state index in [9.17, 15) is 8.78 Å². The van der Waals surface area contributed by atoms with Gasteiger partial charge in [0.15, 0.2) is 5.76 Å². The highest BCUT2D eigenvalue weighted by Crippen LogP contribution is 2.46. The zero-order valence-corrected chi connectivity index (χ0v) is 25.3. The number of nitrogens with zero attached hydrogens (tertiary/aromatic N) is 3. The summed E-state index contributed by atoms with van der Waals surface area (Å²) in [5, 5.41) is 10.5. The Hall–Kier alpha value is -5.88. The van der Waals surface area contributed by atoms with Gasteiger partial charge in [-0.25, -0.2) is 8.78 Å². The van der Waals surface area contributed by atoms with E-state index in [2.05, 4.69) is 88.9 Å². The first-order chi connectivity index (χ1) is 23.1. The Bertz CT molecular complexity index is 2190. The molecule has 4 nitrogen and oxygen atoms in total. The Morgan fingerprint density at radius 1 is 0.681 bits per heavy atom. The topological polar surface area (TPSA) is 43.9 Å². The van der Waals surface area contributed by atoms with Crippen molar-refractivity contribution in [1.82, 2.24) is 14.9 Å². The number of rotatable bonds is 7. The molecule has 0 N–H and O–H groups in total. The molecule has 7 aromatic rings. The average Bonchev–Trinajstić information content (AvgIpc) is 3.76. The molecule has 1 atom stereocenters. The Morgan fingerprint density at radius 3 is 1.91 bits per heavy atom. The summed E-state index contributed by atoms with van der Waals surface area (Å²) in [6, 6.07) is 39.6. The minimum Gasteiger partial charge on any atom is -0.355 e. The fraction of sp³-hybridized carbons (Fsp3) is 0.0732. The normalized spacial score (nSPS) is 14.6. The minimum atomic E-state index is -0.711. The van der Waals surface area contributed by atoms with Crippen LogP contribution in [0.2, 0.25) is 0 Å². The number of fused-ring (bicyclic) bond motifs is 1. The molecule has 1 unspecified atom stereocenters. The molecule has 0 spiro atoms. The number of aromatic nitrogens is 3. The maximum absolute atomic E-state index is 14.2. The van der Waals surface area contributed by atoms with Crippen LogP contribution in [0, 0.1) is 17.6 Å². The van der Waals surface area contributed by atoms with Gasteiger partial charge in [-0.05, 0) is 83.8 Å². The lowest BCUT2D eigenvalue weighted by atomic mass is 9.70. The summed E-state index contributed by atoms with van der Waals surface area (Å²) in [5.74, 6) is -0.0405. The number of hydrogen-bond acceptors (Lipinski definition) is 3. The van der Waals surface area contributed by atoms with Crippen LogP contribution in [-0.4, -0.2) is 14.9 Å². The van der Waals surface area contributed by atoms with Crippen LogP contribution in [0.3, 0.4) is 0 Å². The van der Waals surface area contributed by atoms with E-state index in [1.165, 1.54) is 24.3 Å². The predicted octanol–water partition coefficient (Wildman–Crippen LogP) is 10.2. The van der Waals surface area contributed by atoms with Gasteiger partial charge in [-0.15, -0.1) is 0 Å². The highest BCUT2D eigenvalue weighted by Gasteiger charge is 2.44. The summed E-state index contributed by atoms with van der Waals surface area (Å²) >= 11 is 0. The van der Waals surface area contributed by atoms with Crippen molar-refractivity contribution >= 4 is 10.9 Å². The molecule has 228 valence electrons. The fourth-order valence-corrected chi connectivity index (χ4v) is 6.81. The number of allylic oxidation sites excluding steroid dienone is 4. The van der Waals surface area contributed by atoms with Crippen LogP contribution in [0.25, 0.3) is 44.6 Å². The van der Waals surface area contributed by atoms with Crippen molar-refractivity contribution in [3.05, 3.63) is 181 Å². The highest BCUT2D eigenvalue weighted by atomic mass is 19.1. The van der Waals surface area contributed by atoms with E-state index in [-0.39, 0.29) is 17.6 Å². The Labute approximate surface area is 270 Å². The van der Waals surface area contributed by atoms with Crippen molar-refractivity contribution in [2.45, 2.75) is 12.0 Å². The third kappa shape index (κ3) is 4.99. The van der Waals surface area contributed by atoms with E-state index >= 15 is 0 Å². The van der Waals surface area contributed by atoms with Gasteiger partial charge in [-0.2, -0.15) is 5.10 Å². The monoisotopic (exact) mass is 617 g/mol. The zero-order chi connectivity index (χ0) is 31.8. The summed E-state index contributed by atoms with van der Waals surface area (Å²) in [5.41, 5.74) is 6.18. The van der Waals surface area contributed by atoms with Gasteiger partial charge < -0.3 is 4.52 Å². The highest BCUT2D eigenvalue weighted by molar-refractivity contribution is 5.96. The third-order valence-corrected chi connectivity index (χ3v) is 9.03. The second-order valence-electron chi connectivity index (χ2n) is 11.7. The van der Waals surface area contributed by atoms with E-state index in [1.54, 1.807) is 24.3 Å². The van der Waals surface area contributed by atoms with Gasteiger partial charge in [0, 0.05) is 28.8 Å². The summed E-state index contributed by atoms with van der Waals surface area (Å²) in [4.78, 5) is 0. The van der Waals surface area contributed by atoms with Gasteiger partial charge in [0.05, 0.1) is 5.39 Å². The van der Waals surface area contributed by atoms with Gasteiger partial charge >= 0.3 is 0 Å². The first-order valence-corrected chi connectivity index (χ1v) is 15.6. The second-order valence-corrected chi connectivity index (χ2v) is 11.7. The lowest BCUT2D eigenvalue weighted by Gasteiger charge is -2.41. The Balaban J connectivity index is 1.40. The van der Waals surface area contributed by atoms with Gasteiger partial charge in [0.1, 0.15) is 28.4 Å². The molecule has 1 aliphatic rings. The quantitative estimate of drug-likeness (QED) is 0.179. The Morgan fingerprint density at radius 2 is 1.30 bits per heavy atom. The van der Waals surface area contributed by atoms with Gasteiger partial charge in [0.25, 0.3) is 0 Å². The standard InChI is InChI=1S/C41H29F2N3O/c42-34-21-16-28(17-22-34)39-37(30-20-25-38-36(26-30)40(47-45-38)29-18-23-35(43)24-19-29)27-46(44-39)41(31-10-4-1-5-11-31,32-12-6-2-7-13-32)33-14-8-3-9-15-33/h1-14,16-27,33H,15H2. The fourth-order valence-electron chi connectivity index (χ4n) is 6.81. The van der Waals surface area contributed by atoms with E-state index in [1.807, 2.05) is 30.3 Å². The van der Waals surface area contributed by atoms with E-state index < -0.39 is 5.54 Å². The summed E-state index contributed by atoms with van der Waals surface area (Å²) in [7, 11) is 0. The molecule has 0 saturated carbocycles. The van der Waals surface area contributed by atoms with Crippen LogP contribution in [0.5, 0.6) is 0 Å². The molecule has 0 radical (unpaired) electrons. The molecule has 6 heteroatoms. The molecule has 5 aromatic carbocycles. The number of halogens is 2. The maximum Gasteiger partial charge on any atom is 0.174 e. The molecule has 0 saturated heterocycles. The van der Waals surface area contributed by atoms with Crippen molar-refractivity contribution in [2.24, 2.45) is 5.92 Å². The molecular weight excluding hydrogens is 588 g/mol. The molecule has 47 heavy (non-hydrogen) atoms. The number of benzene rings is 5. The van der Waals surface area contributed by atoms with Crippen molar-refractivity contribution in [3.63, 3.8) is 0 Å². The molecule has 0 amide bonds. The van der Waals surface area contributed by atoms with Crippen LogP contribution >= 0.6 is 0 Å². The van der Waals surface area contributed by atoms with Gasteiger partial charge in [-0.1, -0.05) is 96.2 Å². The van der Waals surface area contributed by atoms with Crippen LogP contribution in [0.15, 0.2) is 162 Å². The minimum absolute atomic E-state index is 0.0387. The van der Waals surface area contributed by atoms with E-state index in [0.717, 1.165) is 50.9 Å². The first kappa shape index (κ1) is 28.6. The van der Waals surface area contributed by atoms with Gasteiger partial charge in [0.2, 0.25) is 0 Å². The molecule has 8 rings (SSSR count). The van der Waals surface area contributed by atoms with Crippen LogP contribution < -0.4 is 0 Å². The van der Waals surface area contributed by atoms with Crippen LogP contribution in [0.1, 0.15) is 17.5 Å². The van der Waals surface area contributed by atoms with Gasteiger partial charge in [-0.3, -0.25) is 4.68 Å². The smallest absolute Gasteiger partial charge is 0.174 e. The third-order valence-electron chi connectivity index (χ3n) is 9.03. The molecule has 2 aromatic heterocycles.